The molecule has 0 bridgehead atoms. The van der Waals surface area contributed by atoms with E-state index in [4.69, 9.17) is 43.8 Å². The van der Waals surface area contributed by atoms with Crippen molar-refractivity contribution in [1.29, 1.82) is 0 Å². The highest BCUT2D eigenvalue weighted by Crippen LogP contribution is 2.59. The van der Waals surface area contributed by atoms with E-state index in [1.807, 2.05) is 36.4 Å². The Morgan fingerprint density at radius 1 is 0.689 bits per heavy atom. The molecule has 3 unspecified atom stereocenters. The maximum atomic E-state index is 12.7. The van der Waals surface area contributed by atoms with Gasteiger partial charge in [-0.25, -0.2) is 19.9 Å². The number of fused-ring (bicyclic) bond motifs is 4. The van der Waals surface area contributed by atoms with Gasteiger partial charge >= 0.3 is 0 Å². The van der Waals surface area contributed by atoms with E-state index >= 15 is 0 Å². The number of aromatic nitrogens is 12. The van der Waals surface area contributed by atoms with Crippen molar-refractivity contribution < 1.29 is 9.05 Å². The number of alkyl halides is 1. The van der Waals surface area contributed by atoms with Crippen LogP contribution in [0.25, 0.3) is 22.3 Å². The zero-order chi connectivity index (χ0) is 41.9. The third-order valence-electron chi connectivity index (χ3n) is 11.9. The number of H-pyrrole nitrogens is 1. The second-order valence-corrected chi connectivity index (χ2v) is 16.8. The van der Waals surface area contributed by atoms with Gasteiger partial charge in [-0.2, -0.15) is 9.97 Å². The van der Waals surface area contributed by atoms with Crippen molar-refractivity contribution in [1.82, 2.24) is 58.9 Å². The van der Waals surface area contributed by atoms with Crippen LogP contribution in [-0.2, 0) is 26.5 Å². The Labute approximate surface area is 361 Å². The molecular weight excluding hydrogens is 847 g/mol. The monoisotopic (exact) mass is 882 g/mol. The van der Waals surface area contributed by atoms with Crippen molar-refractivity contribution in [2.45, 2.75) is 24.3 Å². The van der Waals surface area contributed by atoms with E-state index in [2.05, 4.69) is 67.1 Å². The molecule has 0 spiro atoms. The predicted octanol–water partition coefficient (Wildman–Crippen LogP) is 5.03. The summed E-state index contributed by atoms with van der Waals surface area (Å²) in [4.78, 5) is 56.0. The summed E-state index contributed by atoms with van der Waals surface area (Å²) >= 11 is 17.8. The number of anilines is 2. The van der Waals surface area contributed by atoms with Crippen molar-refractivity contribution in [2.24, 2.45) is 37.8 Å². The fraction of sp³-hybridized carbons (Fsp3) is 0.350. The van der Waals surface area contributed by atoms with E-state index < -0.39 is 0 Å². The number of aromatic amines is 1. The maximum Gasteiger partial charge on any atom is 0.280 e. The molecule has 18 nitrogen and oxygen atoms in total. The Balaban J connectivity index is 0.000000123. The molecule has 2 saturated heterocycles. The average molecular weight is 884 g/mol. The van der Waals surface area contributed by atoms with Gasteiger partial charge in [0.15, 0.2) is 34.0 Å². The number of benzene rings is 2. The second kappa shape index (κ2) is 15.7. The quantitative estimate of drug-likeness (QED) is 0.209. The van der Waals surface area contributed by atoms with Gasteiger partial charge in [-0.15, -0.1) is 11.6 Å². The molecule has 312 valence electrons. The zero-order valence-electron chi connectivity index (χ0n) is 32.7. The van der Waals surface area contributed by atoms with E-state index in [9.17, 15) is 9.59 Å². The van der Waals surface area contributed by atoms with Gasteiger partial charge in [0.05, 0.1) is 19.0 Å². The van der Waals surface area contributed by atoms with Gasteiger partial charge < -0.3 is 33.0 Å². The molecule has 4 aliphatic rings. The van der Waals surface area contributed by atoms with Crippen LogP contribution in [0.5, 0.6) is 0 Å². The summed E-state index contributed by atoms with van der Waals surface area (Å²) < 4.78 is 15.3. The van der Waals surface area contributed by atoms with E-state index in [1.54, 1.807) is 35.9 Å². The number of hydrogen-bond acceptors (Lipinski definition) is 14. The summed E-state index contributed by atoms with van der Waals surface area (Å²) in [7, 11) is 3.53. The van der Waals surface area contributed by atoms with Crippen molar-refractivity contribution in [3.63, 3.8) is 0 Å². The van der Waals surface area contributed by atoms with Crippen LogP contribution >= 0.6 is 34.8 Å². The summed E-state index contributed by atoms with van der Waals surface area (Å²) in [5.74, 6) is 5.78. The Bertz CT molecular complexity index is 2990. The molecule has 2 aliphatic carbocycles. The Kier molecular flexibility index (Phi) is 10.1. The molecule has 0 amide bonds. The summed E-state index contributed by atoms with van der Waals surface area (Å²) in [6, 6.07) is 16.0. The average Bonchev–Trinajstić information content (AvgIpc) is 3.82. The lowest BCUT2D eigenvalue weighted by Crippen LogP contribution is -2.23. The van der Waals surface area contributed by atoms with Crippen molar-refractivity contribution >= 4 is 68.5 Å². The van der Waals surface area contributed by atoms with Crippen molar-refractivity contribution in [2.75, 3.05) is 36.0 Å². The largest absolute Gasteiger partial charge is 0.371 e. The number of halogens is 3. The van der Waals surface area contributed by atoms with Gasteiger partial charge in [-0.3, -0.25) is 14.2 Å². The molecule has 2 saturated carbocycles. The van der Waals surface area contributed by atoms with Gasteiger partial charge in [0, 0.05) is 73.5 Å². The lowest BCUT2D eigenvalue weighted by atomic mass is 10.2. The molecule has 12 rings (SSSR count). The summed E-state index contributed by atoms with van der Waals surface area (Å²) in [5, 5.41) is 9.76. The molecule has 4 fully saturated rings. The van der Waals surface area contributed by atoms with Crippen molar-refractivity contribution in [3.05, 3.63) is 128 Å². The highest BCUT2D eigenvalue weighted by atomic mass is 35.5. The fourth-order valence-corrected chi connectivity index (χ4v) is 9.31. The highest BCUT2D eigenvalue weighted by molar-refractivity contribution is 6.31. The van der Waals surface area contributed by atoms with E-state index in [1.165, 1.54) is 22.9 Å². The first-order valence-corrected chi connectivity index (χ1v) is 20.9. The maximum absolute atomic E-state index is 12.7. The molecule has 2 aromatic carbocycles. The van der Waals surface area contributed by atoms with Crippen LogP contribution < -0.4 is 20.9 Å². The van der Waals surface area contributed by atoms with E-state index in [0.29, 0.717) is 69.6 Å². The Morgan fingerprint density at radius 3 is 1.72 bits per heavy atom. The van der Waals surface area contributed by atoms with Crippen molar-refractivity contribution in [3.8, 4) is 0 Å². The van der Waals surface area contributed by atoms with Gasteiger partial charge in [0.25, 0.3) is 11.1 Å². The molecular formula is C40H37Cl3N14O4. The Morgan fingerprint density at radius 2 is 1.20 bits per heavy atom. The van der Waals surface area contributed by atoms with Crippen LogP contribution in [0, 0.1) is 23.7 Å². The minimum Gasteiger partial charge on any atom is -0.371 e. The van der Waals surface area contributed by atoms with Gasteiger partial charge in [0.2, 0.25) is 11.8 Å². The minimum atomic E-state index is -0.180. The first kappa shape index (κ1) is 39.1. The van der Waals surface area contributed by atoms with Crippen LogP contribution in [-0.4, -0.2) is 85.1 Å². The summed E-state index contributed by atoms with van der Waals surface area (Å²) in [5.41, 5.74) is 3.88. The molecule has 8 aromatic rings. The van der Waals surface area contributed by atoms with E-state index in [-0.39, 0.29) is 23.5 Å². The molecule has 21 heteroatoms. The van der Waals surface area contributed by atoms with Crippen LogP contribution in [0.4, 0.5) is 11.4 Å². The standard InChI is InChI=1S/C20H18ClN7O2.C14H13Cl2N3O.C6H6N4O/c1-26-9-22-19-17(26)20(29)28(10-23-19)8-15-24-18(25-30-15)16-13-6-27(7-14(13)16)12-4-2-3-11(21)5-12;15-5-12-17-14(18-20-12)13-10-6-19(7-11(10)13)9-3-1-2-8(16)4-9;1-10-3-9-5-4(10)6(11)8-2-7-5/h2-5,9-10,13-14,16H,6-8H2,1H3;1-4,10-11,13H,5-7H2;2-3H,1H3,(H,7,8,11)/t13-,14+,16?;;. The molecule has 61 heavy (non-hydrogen) atoms. The second-order valence-electron chi connectivity index (χ2n) is 15.7. The number of piperidine rings is 2. The van der Waals surface area contributed by atoms with Gasteiger partial charge in [0.1, 0.15) is 18.8 Å². The zero-order valence-corrected chi connectivity index (χ0v) is 35.0. The number of rotatable bonds is 7. The molecule has 1 N–H and O–H groups in total. The van der Waals surface area contributed by atoms with Crippen LogP contribution in [0.1, 0.15) is 35.3 Å². The summed E-state index contributed by atoms with van der Waals surface area (Å²) in [6.07, 6.45) is 5.95. The van der Waals surface area contributed by atoms with Gasteiger partial charge in [-0.05, 0) is 60.1 Å². The minimum absolute atomic E-state index is 0.157. The number of hydrogen-bond donors (Lipinski definition) is 1. The third kappa shape index (κ3) is 7.52. The Hall–Kier alpha value is -6.11. The number of aryl methyl sites for hydroxylation is 2. The first-order chi connectivity index (χ1) is 29.6. The predicted molar refractivity (Wildman–Crippen MR) is 226 cm³/mol. The highest BCUT2D eigenvalue weighted by Gasteiger charge is 2.59. The van der Waals surface area contributed by atoms with Crippen LogP contribution in [0.2, 0.25) is 10.0 Å². The summed E-state index contributed by atoms with van der Waals surface area (Å²) in [6.45, 7) is 4.16. The lowest BCUT2D eigenvalue weighted by Gasteiger charge is -2.21. The van der Waals surface area contributed by atoms with Crippen LogP contribution in [0.3, 0.4) is 0 Å². The lowest BCUT2D eigenvalue weighted by molar-refractivity contribution is 0.363. The molecule has 8 heterocycles. The fourth-order valence-electron chi connectivity index (χ4n) is 8.84. The molecule has 2 aliphatic heterocycles. The van der Waals surface area contributed by atoms with Gasteiger partial charge in [-0.1, -0.05) is 45.6 Å². The molecule has 6 aromatic heterocycles. The smallest absolute Gasteiger partial charge is 0.280 e. The van der Waals surface area contributed by atoms with E-state index in [0.717, 1.165) is 53.6 Å². The SMILES string of the molecule is ClCc1nc(C2C3CN(c4cccc(Cl)c4)CC32)no1.Cn1cnc2nc[nH]c(=O)c21.Cn1cnc2ncn(Cc3nc(C4[C@H]5CN(c6cccc(Cl)c6)C[C@@H]45)no3)c(=O)c21. The normalized spacial score (nSPS) is 22.1. The third-order valence-corrected chi connectivity index (χ3v) is 12.6. The number of nitrogens with zero attached hydrogens (tertiary/aromatic N) is 13. The number of imidazole rings is 2. The number of nitrogens with one attached hydrogen (secondary N) is 1. The molecule has 0 radical (unpaired) electrons. The topological polar surface area (TPSA) is 201 Å². The first-order valence-electron chi connectivity index (χ1n) is 19.6. The van der Waals surface area contributed by atoms with Crippen LogP contribution in [0.15, 0.2) is 92.5 Å². The molecule has 5 atom stereocenters.